The number of fused-ring (bicyclic) bond motifs is 1. The van der Waals surface area contributed by atoms with Crippen molar-refractivity contribution in [2.75, 3.05) is 12.9 Å². The highest BCUT2D eigenvalue weighted by Crippen LogP contribution is 2.49. The van der Waals surface area contributed by atoms with Crippen LogP contribution in [0.2, 0.25) is 30.7 Å². The van der Waals surface area contributed by atoms with E-state index in [2.05, 4.69) is 39.3 Å². The van der Waals surface area contributed by atoms with E-state index in [1.165, 1.54) is 29.8 Å². The molecule has 0 aliphatic rings. The average Bonchev–Trinajstić information content (AvgIpc) is 3.68. The fraction of sp³-hybridized carbons (Fsp3) is 0.255. The Kier molecular flexibility index (Phi) is 14.6. The fourth-order valence-corrected chi connectivity index (χ4v) is 12.5. The molecule has 0 saturated heterocycles. The van der Waals surface area contributed by atoms with Crippen LogP contribution in [0.5, 0.6) is 17.4 Å². The number of hydrogen-bond acceptors (Lipinski definition) is 12. The number of aromatic nitrogens is 4. The van der Waals surface area contributed by atoms with Gasteiger partial charge in [-0.1, -0.05) is 79.8 Å². The first-order chi connectivity index (χ1) is 31.0. The molecule has 65 heavy (non-hydrogen) atoms. The summed E-state index contributed by atoms with van der Waals surface area (Å²) >= 11 is 8.05. The van der Waals surface area contributed by atoms with E-state index >= 15 is 0 Å². The summed E-state index contributed by atoms with van der Waals surface area (Å²) in [4.78, 5) is 32.5. The third-order valence-electron chi connectivity index (χ3n) is 10.6. The Bertz CT molecular complexity index is 2970. The standard InChI is InChI=1S/C47H47ClFN5O8S2Si/c1-28-35(16-13-31(25-55)42(28)48)40-41-45(51-27-52-46(41)63-43(40)30-11-14-33(49)15-12-30)62-39(47(56)57)23-32-22-29(24-53-64(58,59)20-21-65(3,4)5)10-17-37(32)61-26-34-18-19-50-44(54-34)36-8-6-7-9-38(36)60-2/h6-19,22,27,39,53,55H,20-21,23-26H2,1-5H3,(H,56,57). The number of aliphatic hydroxyl groups is 1. The Balaban J connectivity index is 1.26. The number of methoxy groups -OCH3 is 1. The van der Waals surface area contributed by atoms with Crippen LogP contribution in [-0.2, 0) is 41.0 Å². The van der Waals surface area contributed by atoms with Crippen LogP contribution in [0.25, 0.3) is 43.2 Å². The molecule has 13 nitrogen and oxygen atoms in total. The molecule has 0 saturated carbocycles. The molecule has 7 rings (SSSR count). The van der Waals surface area contributed by atoms with E-state index in [1.54, 1.807) is 68.8 Å². The second-order valence-electron chi connectivity index (χ2n) is 16.4. The highest BCUT2D eigenvalue weighted by atomic mass is 35.5. The number of aliphatic hydroxyl groups excluding tert-OH is 1. The van der Waals surface area contributed by atoms with Gasteiger partial charge in [0.25, 0.3) is 0 Å². The smallest absolute Gasteiger partial charge is 0.345 e. The summed E-state index contributed by atoms with van der Waals surface area (Å²) in [7, 11) is -3.69. The Labute approximate surface area is 386 Å². The number of benzene rings is 4. The number of nitrogens with zero attached hydrogens (tertiary/aromatic N) is 4. The predicted molar refractivity (Wildman–Crippen MR) is 253 cm³/mol. The van der Waals surface area contributed by atoms with Crippen molar-refractivity contribution in [3.63, 3.8) is 0 Å². The first-order valence-electron chi connectivity index (χ1n) is 20.5. The average molecular weight is 957 g/mol. The normalized spacial score (nSPS) is 12.3. The summed E-state index contributed by atoms with van der Waals surface area (Å²) < 4.78 is 61.2. The molecule has 0 aliphatic heterocycles. The van der Waals surface area contributed by atoms with Gasteiger partial charge in [-0.05, 0) is 82.7 Å². The van der Waals surface area contributed by atoms with Crippen molar-refractivity contribution >= 4 is 57.2 Å². The molecule has 0 spiro atoms. The maximum atomic E-state index is 14.2. The lowest BCUT2D eigenvalue weighted by molar-refractivity contribution is -0.145. The Hall–Kier alpha value is -5.82. The number of thiophene rings is 1. The SMILES string of the molecule is COc1ccccc1-c1nccc(COc2ccc(CNS(=O)(=O)CC[Si](C)(C)C)cc2CC(Oc2ncnc3sc(-c4ccc(F)cc4)c(-c4ccc(CO)c(Cl)c4C)c23)C(=O)O)n1. The van der Waals surface area contributed by atoms with Crippen molar-refractivity contribution < 1.29 is 42.0 Å². The van der Waals surface area contributed by atoms with Crippen molar-refractivity contribution in [1.82, 2.24) is 24.7 Å². The van der Waals surface area contributed by atoms with E-state index in [4.69, 9.17) is 30.8 Å². The van der Waals surface area contributed by atoms with Gasteiger partial charge in [0.05, 0.1) is 36.1 Å². The number of aliphatic carboxylic acids is 1. The zero-order valence-corrected chi connectivity index (χ0v) is 39.7. The van der Waals surface area contributed by atoms with Crippen LogP contribution in [0.4, 0.5) is 4.39 Å². The van der Waals surface area contributed by atoms with Crippen LogP contribution in [0.3, 0.4) is 0 Å². The number of carboxylic acids is 1. The second-order valence-corrected chi connectivity index (χ2v) is 25.4. The molecule has 0 aliphatic carbocycles. The third kappa shape index (κ3) is 11.4. The van der Waals surface area contributed by atoms with Gasteiger partial charge in [-0.25, -0.2) is 42.3 Å². The lowest BCUT2D eigenvalue weighted by Gasteiger charge is -2.19. The maximum absolute atomic E-state index is 14.2. The van der Waals surface area contributed by atoms with Crippen LogP contribution in [-0.4, -0.2) is 71.6 Å². The van der Waals surface area contributed by atoms with Crippen LogP contribution in [0, 0.1) is 12.7 Å². The second kappa shape index (κ2) is 20.1. The molecule has 7 aromatic rings. The van der Waals surface area contributed by atoms with Gasteiger partial charge < -0.3 is 24.4 Å². The Morgan fingerprint density at radius 1 is 0.954 bits per heavy atom. The summed E-state index contributed by atoms with van der Waals surface area (Å²) in [6.07, 6.45) is 1.12. The number of carboxylic acid groups (broad SMARTS) is 1. The van der Waals surface area contributed by atoms with Crippen LogP contribution >= 0.6 is 22.9 Å². The number of sulfonamides is 1. The largest absolute Gasteiger partial charge is 0.496 e. The van der Waals surface area contributed by atoms with Gasteiger partial charge >= 0.3 is 5.97 Å². The van der Waals surface area contributed by atoms with Crippen molar-refractivity contribution in [2.24, 2.45) is 0 Å². The third-order valence-corrected chi connectivity index (χ3v) is 15.7. The van der Waals surface area contributed by atoms with Gasteiger partial charge in [-0.15, -0.1) is 11.3 Å². The number of nitrogens with one attached hydrogen (secondary N) is 1. The van der Waals surface area contributed by atoms with Crippen molar-refractivity contribution in [3.05, 3.63) is 136 Å². The number of para-hydroxylation sites is 1. The minimum atomic E-state index is -3.61. The molecule has 3 heterocycles. The zero-order chi connectivity index (χ0) is 46.5. The maximum Gasteiger partial charge on any atom is 0.345 e. The number of halogens is 2. The molecule has 0 radical (unpaired) electrons. The lowest BCUT2D eigenvalue weighted by atomic mass is 9.94. The van der Waals surface area contributed by atoms with E-state index in [-0.39, 0.29) is 37.8 Å². The quantitative estimate of drug-likeness (QED) is 0.0654. The Morgan fingerprint density at radius 3 is 2.45 bits per heavy atom. The van der Waals surface area contributed by atoms with Crippen molar-refractivity contribution in [2.45, 2.75) is 64.9 Å². The molecule has 18 heteroatoms. The van der Waals surface area contributed by atoms with Gasteiger partial charge in [-0.2, -0.15) is 0 Å². The van der Waals surface area contributed by atoms with Gasteiger partial charge in [0.1, 0.15) is 35.1 Å². The minimum Gasteiger partial charge on any atom is -0.496 e. The highest BCUT2D eigenvalue weighted by molar-refractivity contribution is 7.89. The van der Waals surface area contributed by atoms with E-state index < -0.39 is 36.0 Å². The summed E-state index contributed by atoms with van der Waals surface area (Å²) in [6, 6.07) is 24.2. The molecule has 1 atom stereocenters. The molecule has 0 bridgehead atoms. The van der Waals surface area contributed by atoms with E-state index in [9.17, 15) is 27.8 Å². The fourth-order valence-electron chi connectivity index (χ4n) is 7.04. The summed E-state index contributed by atoms with van der Waals surface area (Å²) in [5, 5.41) is 21.5. The van der Waals surface area contributed by atoms with E-state index in [1.807, 2.05) is 24.3 Å². The van der Waals surface area contributed by atoms with Crippen molar-refractivity contribution in [3.8, 4) is 50.3 Å². The molecular formula is C47H47ClFN5O8S2Si. The van der Waals surface area contributed by atoms with E-state index in [0.717, 1.165) is 0 Å². The molecular weight excluding hydrogens is 909 g/mol. The summed E-state index contributed by atoms with van der Waals surface area (Å²) in [5.74, 6) is -0.410. The number of hydrogen-bond donors (Lipinski definition) is 3. The number of carbonyl (C=O) groups is 1. The first kappa shape index (κ1) is 47.1. The van der Waals surface area contributed by atoms with Gasteiger partial charge in [-0.3, -0.25) is 0 Å². The van der Waals surface area contributed by atoms with Gasteiger partial charge in [0.15, 0.2) is 5.82 Å². The molecule has 0 amide bonds. The number of ether oxygens (including phenoxy) is 3. The molecule has 0 fully saturated rings. The van der Waals surface area contributed by atoms with Crippen LogP contribution < -0.4 is 18.9 Å². The minimum absolute atomic E-state index is 0.000361. The summed E-state index contributed by atoms with van der Waals surface area (Å²) in [6.45, 7) is 7.79. The molecule has 338 valence electrons. The zero-order valence-electron chi connectivity index (χ0n) is 36.3. The predicted octanol–water partition coefficient (Wildman–Crippen LogP) is 9.50. The lowest BCUT2D eigenvalue weighted by Crippen LogP contribution is -2.31. The molecule has 4 aromatic carbocycles. The molecule has 1 unspecified atom stereocenters. The topological polar surface area (TPSA) is 183 Å². The van der Waals surface area contributed by atoms with Crippen molar-refractivity contribution in [1.29, 1.82) is 0 Å². The van der Waals surface area contributed by atoms with Gasteiger partial charge in [0, 0.05) is 42.7 Å². The van der Waals surface area contributed by atoms with E-state index in [0.29, 0.717) is 93.7 Å². The number of rotatable bonds is 19. The highest BCUT2D eigenvalue weighted by Gasteiger charge is 2.29. The first-order valence-corrected chi connectivity index (χ1v) is 27.1. The monoisotopic (exact) mass is 955 g/mol. The molecule has 3 N–H and O–H groups in total. The van der Waals surface area contributed by atoms with Gasteiger partial charge in [0.2, 0.25) is 22.0 Å². The van der Waals surface area contributed by atoms with Crippen LogP contribution in [0.15, 0.2) is 97.5 Å². The molecule has 3 aromatic heterocycles. The summed E-state index contributed by atoms with van der Waals surface area (Å²) in [5.41, 5.74) is 5.27. The van der Waals surface area contributed by atoms with Crippen LogP contribution in [0.1, 0.15) is 27.9 Å². The Morgan fingerprint density at radius 2 is 1.72 bits per heavy atom.